The predicted molar refractivity (Wildman–Crippen MR) is 54.3 cm³/mol. The van der Waals surface area contributed by atoms with Crippen LogP contribution in [0.3, 0.4) is 0 Å². The summed E-state index contributed by atoms with van der Waals surface area (Å²) in [6, 6.07) is 7.51. The summed E-state index contributed by atoms with van der Waals surface area (Å²) in [7, 11) is 0. The second-order valence-electron chi connectivity index (χ2n) is 3.05. The monoisotopic (exact) mass is 187 g/mol. The Bertz CT molecular complexity index is 460. The van der Waals surface area contributed by atoms with Crippen LogP contribution in [0.25, 0.3) is 0 Å². The molecule has 1 amide bonds. The van der Waals surface area contributed by atoms with E-state index in [1.807, 2.05) is 31.2 Å². The molecule has 4 heteroatoms. The normalized spacial score (nSPS) is 15.4. The number of hydrogen-bond donors (Lipinski definition) is 1. The molecule has 1 aromatic carbocycles. The molecule has 1 aliphatic rings. The van der Waals surface area contributed by atoms with Crippen LogP contribution in [0.4, 0.5) is 0 Å². The largest absolute Gasteiger partial charge is 0.368 e. The molecular weight excluding hydrogens is 178 g/mol. The van der Waals surface area contributed by atoms with Crippen molar-refractivity contribution in [3.63, 3.8) is 0 Å². The minimum atomic E-state index is -0.364. The van der Waals surface area contributed by atoms with E-state index in [0.29, 0.717) is 5.71 Å². The van der Waals surface area contributed by atoms with Crippen LogP contribution in [0.2, 0.25) is 0 Å². The van der Waals surface area contributed by atoms with Crippen molar-refractivity contribution in [3.05, 3.63) is 35.4 Å². The number of carbonyl (C=O) groups is 1. The lowest BCUT2D eigenvalue weighted by Gasteiger charge is -2.01. The molecule has 14 heavy (non-hydrogen) atoms. The Morgan fingerprint density at radius 2 is 1.93 bits per heavy atom. The van der Waals surface area contributed by atoms with Crippen LogP contribution in [0.1, 0.15) is 11.1 Å². The minimum Gasteiger partial charge on any atom is -0.368 e. The van der Waals surface area contributed by atoms with Gasteiger partial charge in [-0.05, 0) is 12.5 Å². The van der Waals surface area contributed by atoms with Crippen molar-refractivity contribution >= 4 is 17.6 Å². The highest BCUT2D eigenvalue weighted by Gasteiger charge is 2.20. The highest BCUT2D eigenvalue weighted by molar-refractivity contribution is 6.51. The molecule has 0 aliphatic carbocycles. The van der Waals surface area contributed by atoms with E-state index < -0.39 is 0 Å². The summed E-state index contributed by atoms with van der Waals surface area (Å²) < 4.78 is 0. The minimum absolute atomic E-state index is 0.0354. The van der Waals surface area contributed by atoms with Crippen LogP contribution in [-0.4, -0.2) is 17.6 Å². The van der Waals surface area contributed by atoms with E-state index in [9.17, 15) is 4.79 Å². The molecule has 0 saturated heterocycles. The Morgan fingerprint density at radius 3 is 2.50 bits per heavy atom. The first-order valence-electron chi connectivity index (χ1n) is 4.21. The molecule has 0 spiro atoms. The zero-order chi connectivity index (χ0) is 10.1. The van der Waals surface area contributed by atoms with Crippen LogP contribution < -0.4 is 5.73 Å². The average Bonchev–Trinajstić information content (AvgIpc) is 2.46. The number of nitrogens with two attached hydrogens (primary N) is 1. The van der Waals surface area contributed by atoms with E-state index in [2.05, 4.69) is 9.98 Å². The number of amides is 1. The Morgan fingerprint density at radius 1 is 1.21 bits per heavy atom. The number of rotatable bonds is 1. The van der Waals surface area contributed by atoms with E-state index in [1.165, 1.54) is 0 Å². The maximum atomic E-state index is 11.3. The first-order chi connectivity index (χ1) is 6.68. The number of guanidine groups is 1. The summed E-state index contributed by atoms with van der Waals surface area (Å²) in [5.41, 5.74) is 7.46. The number of aryl methyl sites for hydroxylation is 1. The molecule has 0 unspecified atom stereocenters. The summed E-state index contributed by atoms with van der Waals surface area (Å²) in [5, 5.41) is 0. The van der Waals surface area contributed by atoms with Crippen LogP contribution in [-0.2, 0) is 4.79 Å². The molecule has 2 rings (SSSR count). The van der Waals surface area contributed by atoms with E-state index in [-0.39, 0.29) is 11.9 Å². The summed E-state index contributed by atoms with van der Waals surface area (Å²) >= 11 is 0. The Hall–Kier alpha value is -1.97. The number of nitrogens with zero attached hydrogens (tertiary/aromatic N) is 2. The zero-order valence-electron chi connectivity index (χ0n) is 7.69. The topological polar surface area (TPSA) is 67.8 Å². The fraction of sp³-hybridized carbons (Fsp3) is 0.100. The van der Waals surface area contributed by atoms with Crippen molar-refractivity contribution in [1.82, 2.24) is 0 Å². The van der Waals surface area contributed by atoms with Gasteiger partial charge in [0.1, 0.15) is 5.71 Å². The number of aliphatic imine (C=N–C) groups is 2. The molecule has 2 N–H and O–H groups in total. The van der Waals surface area contributed by atoms with Crippen molar-refractivity contribution in [2.45, 2.75) is 6.92 Å². The third-order valence-corrected chi connectivity index (χ3v) is 2.05. The second kappa shape index (κ2) is 3.06. The van der Waals surface area contributed by atoms with Crippen LogP contribution >= 0.6 is 0 Å². The van der Waals surface area contributed by atoms with Crippen molar-refractivity contribution in [2.75, 3.05) is 0 Å². The van der Waals surface area contributed by atoms with E-state index >= 15 is 0 Å². The maximum Gasteiger partial charge on any atom is 0.299 e. The van der Waals surface area contributed by atoms with Crippen molar-refractivity contribution < 1.29 is 4.79 Å². The molecular formula is C10H9N3O. The fourth-order valence-corrected chi connectivity index (χ4v) is 1.36. The van der Waals surface area contributed by atoms with Gasteiger partial charge in [-0.3, -0.25) is 4.79 Å². The summed E-state index contributed by atoms with van der Waals surface area (Å²) in [6.07, 6.45) is 0. The number of carbonyl (C=O) groups excluding carboxylic acids is 1. The lowest BCUT2D eigenvalue weighted by molar-refractivity contribution is -0.111. The molecule has 0 radical (unpaired) electrons. The molecule has 70 valence electrons. The van der Waals surface area contributed by atoms with Gasteiger partial charge < -0.3 is 5.73 Å². The van der Waals surface area contributed by atoms with Gasteiger partial charge in [0.25, 0.3) is 5.91 Å². The predicted octanol–water partition coefficient (Wildman–Crippen LogP) is 0.639. The third kappa shape index (κ3) is 1.31. The van der Waals surface area contributed by atoms with Gasteiger partial charge in [0.05, 0.1) is 0 Å². The van der Waals surface area contributed by atoms with E-state index in [4.69, 9.17) is 5.73 Å². The van der Waals surface area contributed by atoms with Gasteiger partial charge in [-0.1, -0.05) is 24.3 Å². The standard InChI is InChI=1S/C10H9N3O/c1-6-4-2-3-5-7(6)8-9(14)13-10(11)12-8/h2-5H,1H3,(H2,11,13,14). The van der Waals surface area contributed by atoms with Gasteiger partial charge >= 0.3 is 0 Å². The molecule has 0 fully saturated rings. The van der Waals surface area contributed by atoms with Crippen LogP contribution in [0.15, 0.2) is 34.3 Å². The lowest BCUT2D eigenvalue weighted by atomic mass is 10.0. The van der Waals surface area contributed by atoms with Crippen LogP contribution in [0.5, 0.6) is 0 Å². The van der Waals surface area contributed by atoms with Crippen molar-refractivity contribution in [3.8, 4) is 0 Å². The lowest BCUT2D eigenvalue weighted by Crippen LogP contribution is -2.10. The molecule has 0 saturated carbocycles. The highest BCUT2D eigenvalue weighted by atomic mass is 16.1. The first kappa shape index (κ1) is 8.62. The molecule has 0 bridgehead atoms. The molecule has 1 aliphatic heterocycles. The smallest absolute Gasteiger partial charge is 0.299 e. The Kier molecular flexibility index (Phi) is 1.89. The average molecular weight is 187 g/mol. The highest BCUT2D eigenvalue weighted by Crippen LogP contribution is 2.12. The first-order valence-corrected chi connectivity index (χ1v) is 4.21. The maximum absolute atomic E-state index is 11.3. The molecule has 0 atom stereocenters. The molecule has 4 nitrogen and oxygen atoms in total. The quantitative estimate of drug-likeness (QED) is 0.701. The fourth-order valence-electron chi connectivity index (χ4n) is 1.36. The zero-order valence-corrected chi connectivity index (χ0v) is 7.69. The number of hydrogen-bond acceptors (Lipinski definition) is 3. The van der Waals surface area contributed by atoms with Gasteiger partial charge in [0, 0.05) is 5.56 Å². The number of benzene rings is 1. The van der Waals surface area contributed by atoms with E-state index in [0.717, 1.165) is 11.1 Å². The molecule has 1 aromatic rings. The van der Waals surface area contributed by atoms with Crippen LogP contribution in [0, 0.1) is 6.92 Å². The van der Waals surface area contributed by atoms with Gasteiger partial charge in [0.15, 0.2) is 0 Å². The van der Waals surface area contributed by atoms with Gasteiger partial charge in [-0.15, -0.1) is 0 Å². The summed E-state index contributed by atoms with van der Waals surface area (Å²) in [5.74, 6) is -0.329. The SMILES string of the molecule is Cc1ccccc1C1=NC(N)=NC1=O. The Labute approximate surface area is 81.2 Å². The summed E-state index contributed by atoms with van der Waals surface area (Å²) in [6.45, 7) is 1.92. The second-order valence-corrected chi connectivity index (χ2v) is 3.05. The van der Waals surface area contributed by atoms with Gasteiger partial charge in [-0.2, -0.15) is 4.99 Å². The van der Waals surface area contributed by atoms with Crippen molar-refractivity contribution in [1.29, 1.82) is 0 Å². The van der Waals surface area contributed by atoms with E-state index in [1.54, 1.807) is 0 Å². The van der Waals surface area contributed by atoms with Gasteiger partial charge in [0.2, 0.25) is 5.96 Å². The summed E-state index contributed by atoms with van der Waals surface area (Å²) in [4.78, 5) is 18.8. The third-order valence-electron chi connectivity index (χ3n) is 2.05. The van der Waals surface area contributed by atoms with Gasteiger partial charge in [-0.25, -0.2) is 4.99 Å². The molecule has 0 aromatic heterocycles. The molecule has 1 heterocycles. The van der Waals surface area contributed by atoms with Crippen molar-refractivity contribution in [2.24, 2.45) is 15.7 Å². The Balaban J connectivity index is 2.49.